The number of benzene rings is 1. The van der Waals surface area contributed by atoms with Crippen LogP contribution in [0.3, 0.4) is 0 Å². The Morgan fingerprint density at radius 3 is 2.90 bits per heavy atom. The molecule has 21 heavy (non-hydrogen) atoms. The van der Waals surface area contributed by atoms with Crippen LogP contribution in [0.25, 0.3) is 0 Å². The molecule has 5 nitrogen and oxygen atoms in total. The number of carbonyl (C=O) groups is 2. The van der Waals surface area contributed by atoms with Gasteiger partial charge in [-0.3, -0.25) is 9.59 Å². The first kappa shape index (κ1) is 15.5. The molecule has 1 aromatic carbocycles. The SMILES string of the molecule is CNCC(C)C(=O)Nc1cccc(N2CCCCC2=O)c1. The second kappa shape index (κ2) is 7.22. The van der Waals surface area contributed by atoms with E-state index in [-0.39, 0.29) is 17.7 Å². The highest BCUT2D eigenvalue weighted by molar-refractivity contribution is 5.96. The van der Waals surface area contributed by atoms with Gasteiger partial charge in [0.1, 0.15) is 0 Å². The van der Waals surface area contributed by atoms with Gasteiger partial charge in [0.15, 0.2) is 0 Å². The highest BCUT2D eigenvalue weighted by Crippen LogP contribution is 2.24. The summed E-state index contributed by atoms with van der Waals surface area (Å²) in [6.45, 7) is 3.27. The zero-order valence-corrected chi connectivity index (χ0v) is 12.7. The van der Waals surface area contributed by atoms with E-state index in [0.29, 0.717) is 13.0 Å². The monoisotopic (exact) mass is 289 g/mol. The first-order chi connectivity index (χ1) is 10.1. The zero-order valence-electron chi connectivity index (χ0n) is 12.7. The second-order valence-electron chi connectivity index (χ2n) is 5.50. The van der Waals surface area contributed by atoms with Gasteiger partial charge in [0.25, 0.3) is 0 Å². The average molecular weight is 289 g/mol. The van der Waals surface area contributed by atoms with Crippen molar-refractivity contribution in [2.24, 2.45) is 5.92 Å². The number of nitrogens with one attached hydrogen (secondary N) is 2. The maximum atomic E-state index is 12.0. The summed E-state index contributed by atoms with van der Waals surface area (Å²) in [7, 11) is 1.83. The number of piperidine rings is 1. The van der Waals surface area contributed by atoms with Crippen molar-refractivity contribution in [1.29, 1.82) is 0 Å². The minimum atomic E-state index is -0.102. The number of hydrogen-bond acceptors (Lipinski definition) is 3. The van der Waals surface area contributed by atoms with Crippen LogP contribution in [0.4, 0.5) is 11.4 Å². The molecule has 0 aliphatic carbocycles. The molecule has 2 amide bonds. The summed E-state index contributed by atoms with van der Waals surface area (Å²) in [5.74, 6) is 0.0371. The number of nitrogens with zero attached hydrogens (tertiary/aromatic N) is 1. The van der Waals surface area contributed by atoms with E-state index in [9.17, 15) is 9.59 Å². The Bertz CT molecular complexity index is 516. The highest BCUT2D eigenvalue weighted by atomic mass is 16.2. The molecular weight excluding hydrogens is 266 g/mol. The highest BCUT2D eigenvalue weighted by Gasteiger charge is 2.20. The smallest absolute Gasteiger partial charge is 0.228 e. The fourth-order valence-corrected chi connectivity index (χ4v) is 2.49. The first-order valence-electron chi connectivity index (χ1n) is 7.47. The molecule has 0 saturated carbocycles. The van der Waals surface area contributed by atoms with Crippen molar-refractivity contribution >= 4 is 23.2 Å². The number of rotatable bonds is 5. The molecule has 0 radical (unpaired) electrons. The minimum Gasteiger partial charge on any atom is -0.326 e. The fraction of sp³-hybridized carbons (Fsp3) is 0.500. The van der Waals surface area contributed by atoms with Crippen molar-refractivity contribution in [3.63, 3.8) is 0 Å². The van der Waals surface area contributed by atoms with Gasteiger partial charge in [0.05, 0.1) is 0 Å². The maximum Gasteiger partial charge on any atom is 0.228 e. The van der Waals surface area contributed by atoms with Crippen molar-refractivity contribution in [2.45, 2.75) is 26.2 Å². The van der Waals surface area contributed by atoms with Gasteiger partial charge in [0, 0.05) is 36.8 Å². The van der Waals surface area contributed by atoms with E-state index in [1.807, 2.05) is 38.2 Å². The van der Waals surface area contributed by atoms with Crippen molar-refractivity contribution in [3.8, 4) is 0 Å². The number of anilines is 2. The van der Waals surface area contributed by atoms with E-state index >= 15 is 0 Å². The molecule has 1 aliphatic heterocycles. The zero-order chi connectivity index (χ0) is 15.2. The summed E-state index contributed by atoms with van der Waals surface area (Å²) < 4.78 is 0. The third-order valence-corrected chi connectivity index (χ3v) is 3.71. The fourth-order valence-electron chi connectivity index (χ4n) is 2.49. The quantitative estimate of drug-likeness (QED) is 0.871. The Kier molecular flexibility index (Phi) is 5.33. The van der Waals surface area contributed by atoms with E-state index < -0.39 is 0 Å². The molecule has 1 fully saturated rings. The van der Waals surface area contributed by atoms with E-state index in [1.54, 1.807) is 4.90 Å². The Morgan fingerprint density at radius 2 is 2.19 bits per heavy atom. The van der Waals surface area contributed by atoms with Gasteiger partial charge < -0.3 is 15.5 Å². The lowest BCUT2D eigenvalue weighted by Crippen LogP contribution is -2.35. The lowest BCUT2D eigenvalue weighted by atomic mass is 10.1. The third-order valence-electron chi connectivity index (χ3n) is 3.71. The van der Waals surface area contributed by atoms with Gasteiger partial charge in [-0.05, 0) is 38.1 Å². The van der Waals surface area contributed by atoms with Gasteiger partial charge in [-0.25, -0.2) is 0 Å². The van der Waals surface area contributed by atoms with Crippen LogP contribution >= 0.6 is 0 Å². The third kappa shape index (κ3) is 4.04. The van der Waals surface area contributed by atoms with Crippen molar-refractivity contribution in [2.75, 3.05) is 30.4 Å². The van der Waals surface area contributed by atoms with Gasteiger partial charge in [-0.15, -0.1) is 0 Å². The molecule has 114 valence electrons. The summed E-state index contributed by atoms with van der Waals surface area (Å²) in [5, 5.41) is 5.89. The Labute approximate surface area is 125 Å². The maximum absolute atomic E-state index is 12.0. The lowest BCUT2D eigenvalue weighted by molar-refractivity contribution is -0.120. The molecule has 0 aromatic heterocycles. The number of hydrogen-bond donors (Lipinski definition) is 2. The molecular formula is C16H23N3O2. The molecule has 1 aromatic rings. The number of carbonyl (C=O) groups excluding carboxylic acids is 2. The van der Waals surface area contributed by atoms with Crippen LogP contribution in [0.15, 0.2) is 24.3 Å². The Hall–Kier alpha value is -1.88. The molecule has 1 aliphatic rings. The van der Waals surface area contributed by atoms with E-state index in [2.05, 4.69) is 10.6 Å². The topological polar surface area (TPSA) is 61.4 Å². The van der Waals surface area contributed by atoms with Crippen molar-refractivity contribution in [1.82, 2.24) is 5.32 Å². The summed E-state index contributed by atoms with van der Waals surface area (Å²) >= 11 is 0. The predicted octanol–water partition coefficient (Wildman–Crippen LogP) is 2.00. The normalized spacial score (nSPS) is 16.7. The first-order valence-corrected chi connectivity index (χ1v) is 7.47. The summed E-state index contributed by atoms with van der Waals surface area (Å²) in [6.07, 6.45) is 2.60. The lowest BCUT2D eigenvalue weighted by Gasteiger charge is -2.27. The molecule has 1 atom stereocenters. The molecule has 2 N–H and O–H groups in total. The molecule has 1 unspecified atom stereocenters. The number of amides is 2. The van der Waals surface area contributed by atoms with Crippen LogP contribution < -0.4 is 15.5 Å². The molecule has 0 bridgehead atoms. The molecule has 5 heteroatoms. The summed E-state index contributed by atoms with van der Waals surface area (Å²) in [5.41, 5.74) is 1.59. The standard InChI is InChI=1S/C16H23N3O2/c1-12(11-17-2)16(21)18-13-6-5-7-14(10-13)19-9-4-3-8-15(19)20/h5-7,10,12,17H,3-4,8-9,11H2,1-2H3,(H,18,21). The largest absolute Gasteiger partial charge is 0.326 e. The minimum absolute atomic E-state index is 0.0218. The molecule has 1 heterocycles. The van der Waals surface area contributed by atoms with Crippen LogP contribution in [0.2, 0.25) is 0 Å². The van der Waals surface area contributed by atoms with Gasteiger partial charge in [0.2, 0.25) is 11.8 Å². The van der Waals surface area contributed by atoms with Crippen LogP contribution in [0.1, 0.15) is 26.2 Å². The van der Waals surface area contributed by atoms with Crippen LogP contribution in [-0.4, -0.2) is 32.0 Å². The van der Waals surface area contributed by atoms with Crippen molar-refractivity contribution < 1.29 is 9.59 Å². The van der Waals surface area contributed by atoms with Crippen LogP contribution in [0, 0.1) is 5.92 Å². The Balaban J connectivity index is 2.07. The average Bonchev–Trinajstić information content (AvgIpc) is 2.48. The van der Waals surface area contributed by atoms with Gasteiger partial charge >= 0.3 is 0 Å². The Morgan fingerprint density at radius 1 is 1.38 bits per heavy atom. The van der Waals surface area contributed by atoms with Crippen molar-refractivity contribution in [3.05, 3.63) is 24.3 Å². The van der Waals surface area contributed by atoms with Crippen LogP contribution in [-0.2, 0) is 9.59 Å². The second-order valence-corrected chi connectivity index (χ2v) is 5.50. The summed E-state index contributed by atoms with van der Waals surface area (Å²) in [6, 6.07) is 7.50. The summed E-state index contributed by atoms with van der Waals surface area (Å²) in [4.78, 5) is 25.8. The molecule has 1 saturated heterocycles. The van der Waals surface area contributed by atoms with E-state index in [1.165, 1.54) is 0 Å². The van der Waals surface area contributed by atoms with Gasteiger partial charge in [-0.1, -0.05) is 13.0 Å². The predicted molar refractivity (Wildman–Crippen MR) is 84.4 cm³/mol. The van der Waals surface area contributed by atoms with E-state index in [4.69, 9.17) is 0 Å². The van der Waals surface area contributed by atoms with Crippen LogP contribution in [0.5, 0.6) is 0 Å². The van der Waals surface area contributed by atoms with E-state index in [0.717, 1.165) is 30.8 Å². The molecule has 2 rings (SSSR count). The van der Waals surface area contributed by atoms with Gasteiger partial charge in [-0.2, -0.15) is 0 Å². The molecule has 0 spiro atoms.